The highest BCUT2D eigenvalue weighted by molar-refractivity contribution is 5.78. The van der Waals surface area contributed by atoms with Crippen LogP contribution in [0.4, 0.5) is 8.78 Å². The molecule has 4 saturated carbocycles. The molecule has 0 radical (unpaired) electrons. The van der Waals surface area contributed by atoms with Crippen LogP contribution >= 0.6 is 0 Å². The van der Waals surface area contributed by atoms with Crippen molar-refractivity contribution < 1.29 is 28.5 Å². The number of hydrogen-bond donors (Lipinski definition) is 2. The lowest BCUT2D eigenvalue weighted by Gasteiger charge is -2.57. The van der Waals surface area contributed by atoms with Gasteiger partial charge in [-0.3, -0.25) is 0 Å². The Morgan fingerprint density at radius 3 is 2.37 bits per heavy atom. The van der Waals surface area contributed by atoms with Crippen LogP contribution in [0.5, 0.6) is 0 Å². The molecule has 0 saturated heterocycles. The fourth-order valence-electron chi connectivity index (χ4n) is 4.38. The number of rotatable bonds is 3. The minimum Gasteiger partial charge on any atom is -0.455 e. The number of aliphatic hydroxyl groups is 2. The van der Waals surface area contributed by atoms with E-state index in [4.69, 9.17) is 9.84 Å². The second-order valence-electron chi connectivity index (χ2n) is 6.40. The standard InChI is InChI=1S/C13H18F2O4/c14-13(15,6-16)11(18)19-12-3-7-1-8(4-12)10(17)9(2-7)5-12/h7-10,16-17H,1-6H2. The quantitative estimate of drug-likeness (QED) is 0.757. The first-order chi connectivity index (χ1) is 8.85. The van der Waals surface area contributed by atoms with Crippen LogP contribution in [-0.4, -0.2) is 40.4 Å². The first-order valence-electron chi connectivity index (χ1n) is 6.75. The molecule has 4 aliphatic carbocycles. The van der Waals surface area contributed by atoms with Gasteiger partial charge in [0.05, 0.1) is 6.10 Å². The number of hydrogen-bond acceptors (Lipinski definition) is 4. The molecule has 0 aromatic heterocycles. The number of carbonyl (C=O) groups is 1. The van der Waals surface area contributed by atoms with E-state index in [1.165, 1.54) is 0 Å². The molecule has 0 amide bonds. The molecule has 4 aliphatic rings. The molecule has 2 unspecified atom stereocenters. The van der Waals surface area contributed by atoms with Crippen molar-refractivity contribution in [1.29, 1.82) is 0 Å². The van der Waals surface area contributed by atoms with Crippen molar-refractivity contribution in [2.75, 3.05) is 6.61 Å². The maximum Gasteiger partial charge on any atom is 0.380 e. The number of ether oxygens (including phenoxy) is 1. The zero-order valence-electron chi connectivity index (χ0n) is 10.5. The van der Waals surface area contributed by atoms with Gasteiger partial charge in [-0.1, -0.05) is 0 Å². The van der Waals surface area contributed by atoms with Crippen LogP contribution in [0.2, 0.25) is 0 Å². The maximum absolute atomic E-state index is 13.1. The third-order valence-corrected chi connectivity index (χ3v) is 4.97. The summed E-state index contributed by atoms with van der Waals surface area (Å²) < 4.78 is 31.4. The molecule has 0 aromatic rings. The molecule has 4 rings (SSSR count). The summed E-state index contributed by atoms with van der Waals surface area (Å²) in [7, 11) is 0. The summed E-state index contributed by atoms with van der Waals surface area (Å²) in [5, 5.41) is 18.6. The van der Waals surface area contributed by atoms with Gasteiger partial charge in [0.25, 0.3) is 0 Å². The molecule has 108 valence electrons. The van der Waals surface area contributed by atoms with E-state index in [-0.39, 0.29) is 17.9 Å². The molecule has 2 N–H and O–H groups in total. The van der Waals surface area contributed by atoms with E-state index in [1.807, 2.05) is 0 Å². The Kier molecular flexibility index (Phi) is 2.87. The van der Waals surface area contributed by atoms with Crippen molar-refractivity contribution in [3.8, 4) is 0 Å². The van der Waals surface area contributed by atoms with Gasteiger partial charge in [-0.05, 0) is 49.9 Å². The van der Waals surface area contributed by atoms with E-state index in [1.54, 1.807) is 0 Å². The summed E-state index contributed by atoms with van der Waals surface area (Å²) in [6, 6.07) is 0. The van der Waals surface area contributed by atoms with E-state index in [9.17, 15) is 18.7 Å². The third kappa shape index (κ3) is 2.05. The molecule has 4 bridgehead atoms. The fourth-order valence-corrected chi connectivity index (χ4v) is 4.38. The molecule has 2 atom stereocenters. The monoisotopic (exact) mass is 276 g/mol. The molecule has 4 nitrogen and oxygen atoms in total. The van der Waals surface area contributed by atoms with Crippen LogP contribution in [-0.2, 0) is 9.53 Å². The van der Waals surface area contributed by atoms with Crippen LogP contribution in [0.3, 0.4) is 0 Å². The van der Waals surface area contributed by atoms with Crippen molar-refractivity contribution in [2.24, 2.45) is 17.8 Å². The topological polar surface area (TPSA) is 66.8 Å². The summed E-state index contributed by atoms with van der Waals surface area (Å²) in [6.45, 7) is -1.53. The molecule has 4 fully saturated rings. The summed E-state index contributed by atoms with van der Waals surface area (Å²) >= 11 is 0. The lowest BCUT2D eigenvalue weighted by atomic mass is 9.53. The summed E-state index contributed by atoms with van der Waals surface area (Å²) in [5.74, 6) is -4.99. The molecule has 19 heavy (non-hydrogen) atoms. The summed E-state index contributed by atoms with van der Waals surface area (Å²) in [6.07, 6.45) is 2.95. The third-order valence-electron chi connectivity index (χ3n) is 4.97. The number of esters is 1. The largest absolute Gasteiger partial charge is 0.455 e. The average molecular weight is 276 g/mol. The van der Waals surface area contributed by atoms with Crippen LogP contribution in [0, 0.1) is 17.8 Å². The summed E-state index contributed by atoms with van der Waals surface area (Å²) in [4.78, 5) is 11.5. The summed E-state index contributed by atoms with van der Waals surface area (Å²) in [5.41, 5.74) is -0.842. The second kappa shape index (κ2) is 4.12. The molecule has 0 spiro atoms. The van der Waals surface area contributed by atoms with Gasteiger partial charge in [0.15, 0.2) is 0 Å². The zero-order chi connectivity index (χ0) is 13.8. The molecule has 6 heteroatoms. The minimum absolute atomic E-state index is 0.0572. The van der Waals surface area contributed by atoms with Crippen molar-refractivity contribution in [1.82, 2.24) is 0 Å². The highest BCUT2D eigenvalue weighted by Gasteiger charge is 2.58. The predicted molar refractivity (Wildman–Crippen MR) is 60.4 cm³/mol. The van der Waals surface area contributed by atoms with Crippen molar-refractivity contribution in [3.05, 3.63) is 0 Å². The Balaban J connectivity index is 1.77. The van der Waals surface area contributed by atoms with E-state index >= 15 is 0 Å². The molecule has 0 aliphatic heterocycles. The highest BCUT2D eigenvalue weighted by Crippen LogP contribution is 2.57. The highest BCUT2D eigenvalue weighted by atomic mass is 19.3. The zero-order valence-corrected chi connectivity index (χ0v) is 10.5. The van der Waals surface area contributed by atoms with Crippen LogP contribution in [0.15, 0.2) is 0 Å². The SMILES string of the molecule is O=C(OC12CC3CC(C1)C(O)C(C3)C2)C(F)(F)CO. The average Bonchev–Trinajstić information content (AvgIpc) is 2.34. The number of aliphatic hydroxyl groups excluding tert-OH is 2. The fraction of sp³-hybridized carbons (Fsp3) is 0.923. The van der Waals surface area contributed by atoms with Crippen LogP contribution in [0.25, 0.3) is 0 Å². The lowest BCUT2D eigenvalue weighted by Crippen LogP contribution is -2.59. The van der Waals surface area contributed by atoms with Gasteiger partial charge in [-0.25, -0.2) is 4.79 Å². The van der Waals surface area contributed by atoms with Gasteiger partial charge in [0, 0.05) is 0 Å². The minimum atomic E-state index is -3.83. The van der Waals surface area contributed by atoms with Crippen molar-refractivity contribution >= 4 is 5.97 Å². The first kappa shape index (κ1) is 13.2. The smallest absolute Gasteiger partial charge is 0.380 e. The number of alkyl halides is 2. The van der Waals surface area contributed by atoms with E-state index in [0.29, 0.717) is 25.2 Å². The van der Waals surface area contributed by atoms with Crippen molar-refractivity contribution in [3.63, 3.8) is 0 Å². The van der Waals surface area contributed by atoms with Gasteiger partial charge in [0.2, 0.25) is 0 Å². The van der Waals surface area contributed by atoms with E-state index < -0.39 is 24.1 Å². The number of halogens is 2. The van der Waals surface area contributed by atoms with Crippen molar-refractivity contribution in [2.45, 2.75) is 49.7 Å². The van der Waals surface area contributed by atoms with Gasteiger partial charge in [-0.2, -0.15) is 8.78 Å². The normalized spacial score (nSPS) is 44.4. The first-order valence-corrected chi connectivity index (χ1v) is 6.75. The van der Waals surface area contributed by atoms with Gasteiger partial charge < -0.3 is 14.9 Å². The Morgan fingerprint density at radius 2 is 1.84 bits per heavy atom. The number of carbonyl (C=O) groups excluding carboxylic acids is 1. The van der Waals surface area contributed by atoms with Crippen LogP contribution < -0.4 is 0 Å². The van der Waals surface area contributed by atoms with Gasteiger partial charge >= 0.3 is 11.9 Å². The Labute approximate surface area is 109 Å². The van der Waals surface area contributed by atoms with Crippen LogP contribution in [0.1, 0.15) is 32.1 Å². The molecular weight excluding hydrogens is 258 g/mol. The van der Waals surface area contributed by atoms with E-state index in [2.05, 4.69) is 0 Å². The molecule has 0 heterocycles. The van der Waals surface area contributed by atoms with Gasteiger partial charge in [-0.15, -0.1) is 0 Å². The lowest BCUT2D eigenvalue weighted by molar-refractivity contribution is -0.226. The Bertz CT molecular complexity index is 382. The van der Waals surface area contributed by atoms with Gasteiger partial charge in [0.1, 0.15) is 12.2 Å². The predicted octanol–water partition coefficient (Wildman–Crippen LogP) is 1.10. The Hall–Kier alpha value is -0.750. The maximum atomic E-state index is 13.1. The second-order valence-corrected chi connectivity index (χ2v) is 6.40. The molecule has 0 aromatic carbocycles. The molecular formula is C13H18F2O4. The van der Waals surface area contributed by atoms with E-state index in [0.717, 1.165) is 12.8 Å². The Morgan fingerprint density at radius 1 is 1.26 bits per heavy atom.